The number of aromatic nitrogens is 4. The highest BCUT2D eigenvalue weighted by Crippen LogP contribution is 2.31. The topological polar surface area (TPSA) is 102 Å². The average Bonchev–Trinajstić information content (AvgIpc) is 3.58. The van der Waals surface area contributed by atoms with Gasteiger partial charge < -0.3 is 15.2 Å². The first kappa shape index (κ1) is 26.1. The summed E-state index contributed by atoms with van der Waals surface area (Å²) in [6, 6.07) is 25.1. The normalized spacial score (nSPS) is 11.8. The molecule has 0 saturated carbocycles. The van der Waals surface area contributed by atoms with Gasteiger partial charge in [0.2, 0.25) is 0 Å². The van der Waals surface area contributed by atoms with Crippen LogP contribution in [0.2, 0.25) is 0 Å². The molecule has 0 unspecified atom stereocenters. The van der Waals surface area contributed by atoms with Crippen molar-refractivity contribution in [3.8, 4) is 10.4 Å². The highest BCUT2D eigenvalue weighted by molar-refractivity contribution is 7.90. The summed E-state index contributed by atoms with van der Waals surface area (Å²) >= 11 is 1.58. The van der Waals surface area contributed by atoms with Gasteiger partial charge >= 0.3 is 0 Å². The van der Waals surface area contributed by atoms with Crippen LogP contribution in [0, 0.1) is 0 Å². The predicted octanol–water partition coefficient (Wildman–Crippen LogP) is 5.63. The maximum atomic E-state index is 11.3. The Morgan fingerprint density at radius 3 is 2.67 bits per heavy atom. The Kier molecular flexibility index (Phi) is 7.29. The fraction of sp³-hybridized carbons (Fsp3) is 0.167. The maximum absolute atomic E-state index is 11.3. The third kappa shape index (κ3) is 6.04. The minimum absolute atomic E-state index is 0.112. The molecule has 0 bridgehead atoms. The monoisotopic (exact) mass is 568 g/mol. The van der Waals surface area contributed by atoms with Crippen molar-refractivity contribution in [1.29, 1.82) is 0 Å². The van der Waals surface area contributed by atoms with E-state index in [2.05, 4.69) is 90.9 Å². The summed E-state index contributed by atoms with van der Waals surface area (Å²) in [4.78, 5) is 14.6. The molecule has 202 valence electrons. The van der Waals surface area contributed by atoms with E-state index >= 15 is 0 Å². The molecule has 0 aliphatic carbocycles. The molecule has 3 aromatic carbocycles. The van der Waals surface area contributed by atoms with Crippen LogP contribution in [0.4, 0.5) is 11.5 Å². The summed E-state index contributed by atoms with van der Waals surface area (Å²) in [5, 5.41) is 9.62. The second-order valence-electron chi connectivity index (χ2n) is 9.71. The summed E-state index contributed by atoms with van der Waals surface area (Å²) in [7, 11) is -2.98. The first-order valence-corrected chi connectivity index (χ1v) is 15.8. The first-order chi connectivity index (χ1) is 19.4. The highest BCUT2D eigenvalue weighted by atomic mass is 32.2. The van der Waals surface area contributed by atoms with Crippen LogP contribution < -0.4 is 10.6 Å². The van der Waals surface area contributed by atoms with Crippen molar-refractivity contribution in [1.82, 2.24) is 24.8 Å². The Labute approximate surface area is 236 Å². The number of hydrogen-bond acceptors (Lipinski definition) is 8. The van der Waals surface area contributed by atoms with E-state index in [9.17, 15) is 8.42 Å². The lowest BCUT2D eigenvalue weighted by Crippen LogP contribution is -2.21. The highest BCUT2D eigenvalue weighted by Gasteiger charge is 2.11. The van der Waals surface area contributed by atoms with E-state index in [0.29, 0.717) is 13.1 Å². The SMILES string of the molecule is CS(=O)(=O)CCNCc1ncc(-c2ccc3c(Nc4ccc5c(ccn5Cc5ccccc5)c4)ncnc3c2)s1. The van der Waals surface area contributed by atoms with Gasteiger partial charge in [0, 0.05) is 60.3 Å². The van der Waals surface area contributed by atoms with E-state index in [1.807, 2.05) is 24.4 Å². The number of anilines is 2. The molecule has 0 aliphatic heterocycles. The van der Waals surface area contributed by atoms with Gasteiger partial charge in [0.05, 0.1) is 16.1 Å². The van der Waals surface area contributed by atoms with E-state index in [0.717, 1.165) is 49.8 Å². The molecule has 40 heavy (non-hydrogen) atoms. The Balaban J connectivity index is 1.17. The van der Waals surface area contributed by atoms with Gasteiger partial charge in [0.1, 0.15) is 27.0 Å². The first-order valence-electron chi connectivity index (χ1n) is 12.9. The van der Waals surface area contributed by atoms with E-state index in [4.69, 9.17) is 0 Å². The quantitative estimate of drug-likeness (QED) is 0.206. The molecule has 0 amide bonds. The number of fused-ring (bicyclic) bond motifs is 2. The zero-order valence-electron chi connectivity index (χ0n) is 21.9. The second kappa shape index (κ2) is 11.2. The molecule has 0 atom stereocenters. The molecular weight excluding hydrogens is 541 g/mol. The van der Waals surface area contributed by atoms with Gasteiger partial charge in [-0.25, -0.2) is 23.4 Å². The van der Waals surface area contributed by atoms with Crippen molar-refractivity contribution in [2.24, 2.45) is 0 Å². The van der Waals surface area contributed by atoms with Crippen molar-refractivity contribution < 1.29 is 8.42 Å². The van der Waals surface area contributed by atoms with Crippen LogP contribution in [0.1, 0.15) is 10.6 Å². The summed E-state index contributed by atoms with van der Waals surface area (Å²) in [5.41, 5.74) is 5.28. The Hall–Kier alpha value is -4.12. The summed E-state index contributed by atoms with van der Waals surface area (Å²) in [5.74, 6) is 0.862. The molecule has 6 aromatic rings. The number of sulfone groups is 1. The molecule has 0 aliphatic rings. The van der Waals surface area contributed by atoms with Gasteiger partial charge in [-0.15, -0.1) is 11.3 Å². The molecule has 8 nitrogen and oxygen atoms in total. The van der Waals surface area contributed by atoms with Crippen molar-refractivity contribution in [2.45, 2.75) is 13.1 Å². The molecule has 2 N–H and O–H groups in total. The maximum Gasteiger partial charge on any atom is 0.148 e. The molecule has 0 radical (unpaired) electrons. The smallest absolute Gasteiger partial charge is 0.148 e. The lowest BCUT2D eigenvalue weighted by atomic mass is 10.1. The fourth-order valence-electron chi connectivity index (χ4n) is 4.62. The van der Waals surface area contributed by atoms with Gasteiger partial charge in [-0.3, -0.25) is 0 Å². The third-order valence-electron chi connectivity index (χ3n) is 6.63. The number of benzene rings is 3. The summed E-state index contributed by atoms with van der Waals surface area (Å²) < 4.78 is 24.9. The van der Waals surface area contributed by atoms with Crippen LogP contribution >= 0.6 is 11.3 Å². The van der Waals surface area contributed by atoms with Crippen LogP contribution in [0.15, 0.2) is 91.5 Å². The summed E-state index contributed by atoms with van der Waals surface area (Å²) in [6.07, 6.45) is 6.79. The molecule has 10 heteroatoms. The summed E-state index contributed by atoms with van der Waals surface area (Å²) in [6.45, 7) is 1.77. The Morgan fingerprint density at radius 1 is 0.950 bits per heavy atom. The number of rotatable bonds is 10. The lowest BCUT2D eigenvalue weighted by molar-refractivity contribution is 0.596. The number of thiazole rings is 1. The minimum Gasteiger partial charge on any atom is -0.343 e. The average molecular weight is 569 g/mol. The molecule has 0 saturated heterocycles. The van der Waals surface area contributed by atoms with Crippen LogP contribution in [-0.4, -0.2) is 46.5 Å². The molecule has 3 heterocycles. The predicted molar refractivity (Wildman–Crippen MR) is 163 cm³/mol. The van der Waals surface area contributed by atoms with Crippen molar-refractivity contribution in [3.05, 3.63) is 102 Å². The van der Waals surface area contributed by atoms with E-state index < -0.39 is 9.84 Å². The lowest BCUT2D eigenvalue weighted by Gasteiger charge is -2.10. The third-order valence-corrected chi connectivity index (χ3v) is 8.62. The molecular formula is C30H28N6O2S2. The Bertz CT molecular complexity index is 1900. The molecule has 6 rings (SSSR count). The number of hydrogen-bond donors (Lipinski definition) is 2. The van der Waals surface area contributed by atoms with Gasteiger partial charge in [-0.1, -0.05) is 36.4 Å². The standard InChI is InChI=1S/C30H28N6O2S2/c1-40(37,38)14-12-31-18-29-32-17-28(39-29)23-7-9-25-26(16-23)33-20-34-30(25)35-24-8-10-27-22(15-24)11-13-36(27)19-21-5-3-2-4-6-21/h2-11,13,15-17,20,31H,12,14,18-19H2,1H3,(H,33,34,35). The van der Waals surface area contributed by atoms with Crippen LogP contribution in [0.25, 0.3) is 32.2 Å². The molecule has 0 fully saturated rings. The van der Waals surface area contributed by atoms with Crippen molar-refractivity contribution in [3.63, 3.8) is 0 Å². The van der Waals surface area contributed by atoms with E-state index in [1.165, 1.54) is 17.3 Å². The van der Waals surface area contributed by atoms with E-state index in [1.54, 1.807) is 17.7 Å². The molecule has 3 aromatic heterocycles. The van der Waals surface area contributed by atoms with Crippen molar-refractivity contribution >= 4 is 54.5 Å². The van der Waals surface area contributed by atoms with E-state index in [-0.39, 0.29) is 5.75 Å². The van der Waals surface area contributed by atoms with Gasteiger partial charge in [-0.05, 0) is 47.5 Å². The van der Waals surface area contributed by atoms with Gasteiger partial charge in [0.25, 0.3) is 0 Å². The van der Waals surface area contributed by atoms with Crippen LogP contribution in [0.5, 0.6) is 0 Å². The van der Waals surface area contributed by atoms with Crippen LogP contribution in [-0.2, 0) is 22.9 Å². The van der Waals surface area contributed by atoms with Gasteiger partial charge in [-0.2, -0.15) is 0 Å². The fourth-order valence-corrected chi connectivity index (χ4v) is 6.02. The van der Waals surface area contributed by atoms with Crippen molar-refractivity contribution in [2.75, 3.05) is 23.9 Å². The zero-order valence-corrected chi connectivity index (χ0v) is 23.5. The number of nitrogens with zero attached hydrogens (tertiary/aromatic N) is 4. The molecule has 0 spiro atoms. The largest absolute Gasteiger partial charge is 0.343 e. The second-order valence-corrected chi connectivity index (χ2v) is 13.1. The van der Waals surface area contributed by atoms with Crippen LogP contribution in [0.3, 0.4) is 0 Å². The zero-order chi connectivity index (χ0) is 27.5. The minimum atomic E-state index is -2.98. The van der Waals surface area contributed by atoms with Gasteiger partial charge in [0.15, 0.2) is 0 Å². The number of nitrogens with one attached hydrogen (secondary N) is 2. The Morgan fingerprint density at radius 2 is 1.82 bits per heavy atom.